The number of ether oxygens (including phenoxy) is 2. The van der Waals surface area contributed by atoms with Crippen LogP contribution < -0.4 is 9.47 Å². The topological polar surface area (TPSA) is 35.5 Å². The van der Waals surface area contributed by atoms with E-state index in [-0.39, 0.29) is 5.78 Å². The lowest BCUT2D eigenvalue weighted by Gasteiger charge is -2.12. The van der Waals surface area contributed by atoms with Gasteiger partial charge in [0.25, 0.3) is 0 Å². The number of hydrogen-bond donors (Lipinski definition) is 0. The Hall–Kier alpha value is -2.29. The molecule has 0 N–H and O–H groups in total. The minimum atomic E-state index is -0.0444. The molecule has 2 aromatic carbocycles. The van der Waals surface area contributed by atoms with Crippen molar-refractivity contribution < 1.29 is 14.3 Å². The van der Waals surface area contributed by atoms with Crippen LogP contribution in [0.5, 0.6) is 11.5 Å². The van der Waals surface area contributed by atoms with Crippen LogP contribution in [0.4, 0.5) is 0 Å². The van der Waals surface area contributed by atoms with Crippen molar-refractivity contribution in [2.24, 2.45) is 0 Å². The molecule has 0 fully saturated rings. The third-order valence-corrected chi connectivity index (χ3v) is 2.84. The Labute approximate surface area is 119 Å². The van der Waals surface area contributed by atoms with Gasteiger partial charge in [-0.25, -0.2) is 0 Å². The van der Waals surface area contributed by atoms with Gasteiger partial charge < -0.3 is 9.47 Å². The van der Waals surface area contributed by atoms with Crippen LogP contribution in [-0.4, -0.2) is 19.0 Å². The van der Waals surface area contributed by atoms with Crippen molar-refractivity contribution in [3.63, 3.8) is 0 Å². The Morgan fingerprint density at radius 2 is 1.65 bits per heavy atom. The smallest absolute Gasteiger partial charge is 0.196 e. The van der Waals surface area contributed by atoms with E-state index in [1.54, 1.807) is 30.3 Å². The van der Waals surface area contributed by atoms with Crippen LogP contribution in [0.3, 0.4) is 0 Å². The number of hydrogen-bond acceptors (Lipinski definition) is 3. The summed E-state index contributed by atoms with van der Waals surface area (Å²) in [6.07, 6.45) is 0. The Kier molecular flexibility index (Phi) is 4.77. The van der Waals surface area contributed by atoms with E-state index in [0.717, 1.165) is 0 Å². The summed E-state index contributed by atoms with van der Waals surface area (Å²) in [6, 6.07) is 14.5. The third kappa shape index (κ3) is 3.18. The maximum atomic E-state index is 12.5. The van der Waals surface area contributed by atoms with Gasteiger partial charge in [-0.3, -0.25) is 4.79 Å². The predicted octanol–water partition coefficient (Wildman–Crippen LogP) is 3.72. The highest BCUT2D eigenvalue weighted by Crippen LogP contribution is 2.27. The van der Waals surface area contributed by atoms with Gasteiger partial charge in [0.15, 0.2) is 5.78 Å². The molecule has 0 aromatic heterocycles. The molecule has 0 saturated heterocycles. The summed E-state index contributed by atoms with van der Waals surface area (Å²) in [5, 5.41) is 0. The summed E-state index contributed by atoms with van der Waals surface area (Å²) >= 11 is 0. The SMILES string of the molecule is CCOc1ccc(C(=O)c2ccccc2)c(OCC)c1. The van der Waals surface area contributed by atoms with E-state index in [2.05, 4.69) is 0 Å². The molecule has 0 aliphatic heterocycles. The molecule has 0 aliphatic carbocycles. The summed E-state index contributed by atoms with van der Waals surface area (Å²) in [4.78, 5) is 12.5. The molecular weight excluding hydrogens is 252 g/mol. The molecule has 0 heterocycles. The lowest BCUT2D eigenvalue weighted by atomic mass is 10.0. The Morgan fingerprint density at radius 3 is 2.30 bits per heavy atom. The largest absolute Gasteiger partial charge is 0.494 e. The Bertz CT molecular complexity index is 576. The monoisotopic (exact) mass is 270 g/mol. The fourth-order valence-corrected chi connectivity index (χ4v) is 1.97. The molecule has 0 aliphatic rings. The van der Waals surface area contributed by atoms with Crippen LogP contribution >= 0.6 is 0 Å². The van der Waals surface area contributed by atoms with E-state index in [4.69, 9.17) is 9.47 Å². The van der Waals surface area contributed by atoms with E-state index in [0.29, 0.717) is 35.8 Å². The summed E-state index contributed by atoms with van der Waals surface area (Å²) in [7, 11) is 0. The van der Waals surface area contributed by atoms with Crippen molar-refractivity contribution >= 4 is 5.78 Å². The van der Waals surface area contributed by atoms with Crippen molar-refractivity contribution in [2.75, 3.05) is 13.2 Å². The van der Waals surface area contributed by atoms with Gasteiger partial charge in [-0.05, 0) is 26.0 Å². The number of carbonyl (C=O) groups is 1. The second-order valence-corrected chi connectivity index (χ2v) is 4.22. The highest BCUT2D eigenvalue weighted by atomic mass is 16.5. The van der Waals surface area contributed by atoms with Crippen molar-refractivity contribution in [1.29, 1.82) is 0 Å². The fraction of sp³-hybridized carbons (Fsp3) is 0.235. The number of carbonyl (C=O) groups excluding carboxylic acids is 1. The summed E-state index contributed by atoms with van der Waals surface area (Å²) in [5.41, 5.74) is 1.21. The fourth-order valence-electron chi connectivity index (χ4n) is 1.97. The second kappa shape index (κ2) is 6.75. The molecular formula is C17H18O3. The zero-order valence-electron chi connectivity index (χ0n) is 11.8. The van der Waals surface area contributed by atoms with Gasteiger partial charge in [-0.15, -0.1) is 0 Å². The minimum Gasteiger partial charge on any atom is -0.494 e. The first-order valence-electron chi connectivity index (χ1n) is 6.75. The standard InChI is InChI=1S/C17H18O3/c1-3-19-14-10-11-15(16(12-14)20-4-2)17(18)13-8-6-5-7-9-13/h5-12H,3-4H2,1-2H3. The van der Waals surface area contributed by atoms with E-state index in [1.165, 1.54) is 0 Å². The van der Waals surface area contributed by atoms with E-state index >= 15 is 0 Å². The van der Waals surface area contributed by atoms with Crippen LogP contribution in [0.25, 0.3) is 0 Å². The van der Waals surface area contributed by atoms with Crippen LogP contribution in [-0.2, 0) is 0 Å². The van der Waals surface area contributed by atoms with E-state index in [9.17, 15) is 4.79 Å². The maximum absolute atomic E-state index is 12.5. The number of rotatable bonds is 6. The van der Waals surface area contributed by atoms with Crippen LogP contribution in [0.15, 0.2) is 48.5 Å². The number of benzene rings is 2. The predicted molar refractivity (Wildman–Crippen MR) is 78.7 cm³/mol. The quantitative estimate of drug-likeness (QED) is 0.750. The molecule has 0 atom stereocenters. The van der Waals surface area contributed by atoms with Gasteiger partial charge in [-0.1, -0.05) is 30.3 Å². The lowest BCUT2D eigenvalue weighted by Crippen LogP contribution is -2.06. The van der Waals surface area contributed by atoms with Gasteiger partial charge in [0.1, 0.15) is 11.5 Å². The lowest BCUT2D eigenvalue weighted by molar-refractivity contribution is 0.103. The molecule has 0 saturated carbocycles. The second-order valence-electron chi connectivity index (χ2n) is 4.22. The van der Waals surface area contributed by atoms with Gasteiger partial charge in [-0.2, -0.15) is 0 Å². The van der Waals surface area contributed by atoms with Crippen molar-refractivity contribution in [1.82, 2.24) is 0 Å². The molecule has 20 heavy (non-hydrogen) atoms. The molecule has 0 spiro atoms. The van der Waals surface area contributed by atoms with Crippen molar-refractivity contribution in [3.8, 4) is 11.5 Å². The van der Waals surface area contributed by atoms with Crippen LogP contribution in [0.2, 0.25) is 0 Å². The van der Waals surface area contributed by atoms with Gasteiger partial charge >= 0.3 is 0 Å². The van der Waals surface area contributed by atoms with Gasteiger partial charge in [0.05, 0.1) is 18.8 Å². The molecule has 104 valence electrons. The summed E-state index contributed by atoms with van der Waals surface area (Å²) < 4.78 is 11.0. The molecule has 0 unspecified atom stereocenters. The number of ketones is 1. The first kappa shape index (κ1) is 14.1. The average Bonchev–Trinajstić information content (AvgIpc) is 2.48. The van der Waals surface area contributed by atoms with Crippen molar-refractivity contribution in [2.45, 2.75) is 13.8 Å². The molecule has 3 nitrogen and oxygen atoms in total. The third-order valence-electron chi connectivity index (χ3n) is 2.84. The molecule has 2 aromatic rings. The van der Waals surface area contributed by atoms with Gasteiger partial charge in [0.2, 0.25) is 0 Å². The van der Waals surface area contributed by atoms with Crippen LogP contribution in [0, 0.1) is 0 Å². The molecule has 0 amide bonds. The highest BCUT2D eigenvalue weighted by molar-refractivity contribution is 6.10. The maximum Gasteiger partial charge on any atom is 0.196 e. The Balaban J connectivity index is 2.37. The zero-order valence-corrected chi connectivity index (χ0v) is 11.8. The summed E-state index contributed by atoms with van der Waals surface area (Å²) in [5.74, 6) is 1.23. The van der Waals surface area contributed by atoms with E-state index in [1.807, 2.05) is 32.0 Å². The minimum absolute atomic E-state index is 0.0444. The summed E-state index contributed by atoms with van der Waals surface area (Å²) in [6.45, 7) is 4.90. The van der Waals surface area contributed by atoms with E-state index < -0.39 is 0 Å². The average molecular weight is 270 g/mol. The molecule has 0 radical (unpaired) electrons. The normalized spacial score (nSPS) is 10.1. The molecule has 0 bridgehead atoms. The highest BCUT2D eigenvalue weighted by Gasteiger charge is 2.15. The van der Waals surface area contributed by atoms with Crippen LogP contribution in [0.1, 0.15) is 29.8 Å². The zero-order chi connectivity index (χ0) is 14.4. The van der Waals surface area contributed by atoms with Crippen molar-refractivity contribution in [3.05, 3.63) is 59.7 Å². The first-order valence-corrected chi connectivity index (χ1v) is 6.75. The Morgan fingerprint density at radius 1 is 0.950 bits per heavy atom. The first-order chi connectivity index (χ1) is 9.76. The van der Waals surface area contributed by atoms with Gasteiger partial charge in [0, 0.05) is 11.6 Å². The molecule has 2 rings (SSSR count). The molecule has 3 heteroatoms.